The molecule has 0 spiro atoms. The molecule has 60 heavy (non-hydrogen) atoms. The van der Waals surface area contributed by atoms with E-state index in [1.807, 2.05) is 126 Å². The quantitative estimate of drug-likeness (QED) is 0.174. The number of fused-ring (bicyclic) bond motifs is 6. The van der Waals surface area contributed by atoms with E-state index in [9.17, 15) is 15.8 Å². The van der Waals surface area contributed by atoms with E-state index in [2.05, 4.69) is 18.2 Å². The van der Waals surface area contributed by atoms with Crippen LogP contribution in [0.3, 0.4) is 0 Å². The van der Waals surface area contributed by atoms with Gasteiger partial charge in [0.2, 0.25) is 0 Å². The molecule has 5 nitrogen and oxygen atoms in total. The molecule has 0 aliphatic rings. The highest BCUT2D eigenvalue weighted by atomic mass is 19.4. The highest BCUT2D eigenvalue weighted by Gasteiger charge is 2.37. The first-order valence-electron chi connectivity index (χ1n) is 19.1. The number of hydrogen-bond donors (Lipinski definition) is 0. The van der Waals surface area contributed by atoms with E-state index in [-0.39, 0.29) is 5.69 Å². The Bertz CT molecular complexity index is 3530. The predicted molar refractivity (Wildman–Crippen MR) is 231 cm³/mol. The summed E-state index contributed by atoms with van der Waals surface area (Å²) in [4.78, 5) is 0. The van der Waals surface area contributed by atoms with Gasteiger partial charge in [0.15, 0.2) is 0 Å². The predicted octanol–water partition coefficient (Wildman–Crippen LogP) is 13.5. The van der Waals surface area contributed by atoms with Crippen LogP contribution < -0.4 is 0 Å². The first kappa shape index (κ1) is 36.0. The van der Waals surface area contributed by atoms with Crippen molar-refractivity contribution in [3.8, 4) is 63.0 Å². The number of nitriles is 3. The van der Waals surface area contributed by atoms with Gasteiger partial charge < -0.3 is 9.13 Å². The number of benzene rings is 8. The molecule has 2 aromatic heterocycles. The summed E-state index contributed by atoms with van der Waals surface area (Å²) in [7, 11) is 0. The zero-order chi connectivity index (χ0) is 41.1. The third-order valence-corrected chi connectivity index (χ3v) is 11.2. The summed E-state index contributed by atoms with van der Waals surface area (Å²) in [5.74, 6) is 0. The van der Waals surface area contributed by atoms with Crippen molar-refractivity contribution in [3.05, 3.63) is 192 Å². The molecule has 2 heterocycles. The number of nitrogens with zero attached hydrogens (tertiary/aromatic N) is 5. The lowest BCUT2D eigenvalue weighted by atomic mass is 9.97. The molecule has 0 aliphatic carbocycles. The lowest BCUT2D eigenvalue weighted by molar-refractivity contribution is -0.137. The number of aromatic nitrogens is 2. The molecule has 8 heteroatoms. The van der Waals surface area contributed by atoms with Gasteiger partial charge in [-0.1, -0.05) is 84.9 Å². The molecule has 8 aromatic carbocycles. The molecule has 0 unspecified atom stereocenters. The molecule has 0 atom stereocenters. The Morgan fingerprint density at radius 1 is 0.367 bits per heavy atom. The van der Waals surface area contributed by atoms with Crippen LogP contribution in [-0.4, -0.2) is 9.13 Å². The fraction of sp³-hybridized carbons (Fsp3) is 0.0192. The average Bonchev–Trinajstić information content (AvgIpc) is 3.80. The van der Waals surface area contributed by atoms with Crippen LogP contribution in [0.2, 0.25) is 0 Å². The molecule has 0 amide bonds. The summed E-state index contributed by atoms with van der Waals surface area (Å²) < 4.78 is 51.2. The molecule has 0 fully saturated rings. The van der Waals surface area contributed by atoms with Crippen LogP contribution in [0.1, 0.15) is 22.3 Å². The molecule has 0 N–H and O–H groups in total. The van der Waals surface area contributed by atoms with Gasteiger partial charge in [-0.2, -0.15) is 29.0 Å². The summed E-state index contributed by atoms with van der Waals surface area (Å²) in [6.45, 7) is 0. The molecule has 282 valence electrons. The van der Waals surface area contributed by atoms with E-state index >= 15 is 13.2 Å². The molecule has 10 aromatic rings. The molecule has 0 saturated heterocycles. The fourth-order valence-corrected chi connectivity index (χ4v) is 8.52. The SMILES string of the molecule is N#Cc1cccc(-c2ccc3c(c2)c2ccccc2n3-c2cc(C(F)(F)F)c(-n3c4ccccc4c4cc(-c5cccc(C#N)c5)ccc43)cc2-c2cccc(C#N)c2)c1. The van der Waals surface area contributed by atoms with Gasteiger partial charge in [-0.25, -0.2) is 0 Å². The maximum absolute atomic E-state index is 15.9. The largest absolute Gasteiger partial charge is 0.418 e. The lowest BCUT2D eigenvalue weighted by Crippen LogP contribution is -2.13. The molecular formula is C52H28F3N5. The molecule has 0 radical (unpaired) electrons. The minimum atomic E-state index is -4.79. The van der Waals surface area contributed by atoms with Crippen LogP contribution in [0.15, 0.2) is 170 Å². The van der Waals surface area contributed by atoms with Gasteiger partial charge in [0.05, 0.1) is 73.9 Å². The average molecular weight is 780 g/mol. The molecule has 0 aliphatic heterocycles. The van der Waals surface area contributed by atoms with E-state index in [1.54, 1.807) is 47.0 Å². The monoisotopic (exact) mass is 779 g/mol. The maximum Gasteiger partial charge on any atom is 0.418 e. The third-order valence-electron chi connectivity index (χ3n) is 11.2. The summed E-state index contributed by atoms with van der Waals surface area (Å²) >= 11 is 0. The second-order valence-electron chi connectivity index (χ2n) is 14.6. The number of rotatable bonds is 5. The van der Waals surface area contributed by atoms with Crippen molar-refractivity contribution in [2.45, 2.75) is 6.18 Å². The Hall–Kier alpha value is -8.38. The standard InChI is InChI=1S/C52H28F3N5/c53-52(54,55)45-28-50(59-46-16-3-1-14-40(46)43-25-37(18-20-48(43)59)35-11-5-8-32(22-35)29-56)42(39-13-7-10-34(24-39)31-58)27-51(45)60-47-17-4-2-15-41(47)44-26-38(19-21-49(44)60)36-12-6-9-33(23-36)30-57/h1-28H. The van der Waals surface area contributed by atoms with Crippen molar-refractivity contribution in [1.82, 2.24) is 9.13 Å². The van der Waals surface area contributed by atoms with E-state index in [1.165, 1.54) is 6.07 Å². The van der Waals surface area contributed by atoms with Gasteiger partial charge in [-0.3, -0.25) is 0 Å². The van der Waals surface area contributed by atoms with Gasteiger partial charge >= 0.3 is 6.18 Å². The van der Waals surface area contributed by atoms with E-state index in [0.717, 1.165) is 43.8 Å². The van der Waals surface area contributed by atoms with Crippen molar-refractivity contribution in [2.24, 2.45) is 0 Å². The molecular weight excluding hydrogens is 752 g/mol. The number of hydrogen-bond acceptors (Lipinski definition) is 3. The second kappa shape index (κ2) is 13.9. The van der Waals surface area contributed by atoms with Gasteiger partial charge in [0.1, 0.15) is 0 Å². The number of halogens is 3. The van der Waals surface area contributed by atoms with Crippen molar-refractivity contribution in [2.75, 3.05) is 0 Å². The Balaban J connectivity index is 1.29. The topological polar surface area (TPSA) is 81.2 Å². The Morgan fingerprint density at radius 2 is 0.783 bits per heavy atom. The van der Waals surface area contributed by atoms with E-state index < -0.39 is 11.7 Å². The van der Waals surface area contributed by atoms with Gasteiger partial charge in [0.25, 0.3) is 0 Å². The third kappa shape index (κ3) is 5.85. The first-order valence-corrected chi connectivity index (χ1v) is 19.1. The van der Waals surface area contributed by atoms with Crippen LogP contribution in [0.25, 0.3) is 88.4 Å². The fourth-order valence-electron chi connectivity index (χ4n) is 8.52. The van der Waals surface area contributed by atoms with Gasteiger partial charge in [0, 0.05) is 27.1 Å². The minimum absolute atomic E-state index is 0.0607. The zero-order valence-electron chi connectivity index (χ0n) is 31.5. The van der Waals surface area contributed by atoms with Crippen LogP contribution in [0.5, 0.6) is 0 Å². The highest BCUT2D eigenvalue weighted by molar-refractivity contribution is 6.12. The Morgan fingerprint density at radius 3 is 1.27 bits per heavy atom. The summed E-state index contributed by atoms with van der Waals surface area (Å²) in [6.07, 6.45) is -4.79. The van der Waals surface area contributed by atoms with Crippen LogP contribution in [0.4, 0.5) is 13.2 Å². The molecule has 0 bridgehead atoms. The van der Waals surface area contributed by atoms with Crippen LogP contribution >= 0.6 is 0 Å². The van der Waals surface area contributed by atoms with Crippen molar-refractivity contribution in [3.63, 3.8) is 0 Å². The second-order valence-corrected chi connectivity index (χ2v) is 14.6. The molecule has 10 rings (SSSR count). The van der Waals surface area contributed by atoms with E-state index in [4.69, 9.17) is 0 Å². The van der Waals surface area contributed by atoms with Crippen molar-refractivity contribution >= 4 is 43.6 Å². The number of alkyl halides is 3. The van der Waals surface area contributed by atoms with Crippen molar-refractivity contribution < 1.29 is 13.2 Å². The smallest absolute Gasteiger partial charge is 0.309 e. The van der Waals surface area contributed by atoms with Gasteiger partial charge in [-0.15, -0.1) is 0 Å². The van der Waals surface area contributed by atoms with Crippen molar-refractivity contribution in [1.29, 1.82) is 15.8 Å². The summed E-state index contributed by atoms with van der Waals surface area (Å²) in [6, 6.07) is 57.5. The Kier molecular flexibility index (Phi) is 8.35. The van der Waals surface area contributed by atoms with Crippen LogP contribution in [0, 0.1) is 34.0 Å². The maximum atomic E-state index is 15.9. The zero-order valence-corrected chi connectivity index (χ0v) is 31.5. The number of para-hydroxylation sites is 2. The summed E-state index contributed by atoms with van der Waals surface area (Å²) in [5.41, 5.74) is 7.82. The molecule has 0 saturated carbocycles. The summed E-state index contributed by atoms with van der Waals surface area (Å²) in [5, 5.41) is 32.3. The van der Waals surface area contributed by atoms with E-state index in [0.29, 0.717) is 55.6 Å². The lowest BCUT2D eigenvalue weighted by Gasteiger charge is -2.22. The first-order chi connectivity index (χ1) is 29.2. The normalized spacial score (nSPS) is 11.5. The Labute approximate surface area is 341 Å². The van der Waals surface area contributed by atoms with Gasteiger partial charge in [-0.05, 0) is 113 Å². The highest BCUT2D eigenvalue weighted by Crippen LogP contribution is 2.46. The minimum Gasteiger partial charge on any atom is -0.309 e. The van der Waals surface area contributed by atoms with Crippen LogP contribution in [-0.2, 0) is 6.18 Å².